The lowest BCUT2D eigenvalue weighted by Crippen LogP contribution is -2.23. The largest absolute Gasteiger partial charge is 0.418 e. The fourth-order valence-corrected chi connectivity index (χ4v) is 2.22. The number of alkyl halides is 4. The van der Waals surface area contributed by atoms with Crippen LogP contribution in [0.1, 0.15) is 26.2 Å². The molecule has 1 aliphatic rings. The summed E-state index contributed by atoms with van der Waals surface area (Å²) in [6.45, 7) is 1.75. The fourth-order valence-electron chi connectivity index (χ4n) is 1.80. The van der Waals surface area contributed by atoms with Gasteiger partial charge in [-0.1, -0.05) is 22.0 Å². The number of hydrogen-bond acceptors (Lipinski definition) is 1. The van der Waals surface area contributed by atoms with Crippen molar-refractivity contribution in [2.75, 3.05) is 7.05 Å². The molecule has 0 radical (unpaired) electrons. The van der Waals surface area contributed by atoms with Crippen molar-refractivity contribution < 1.29 is 13.2 Å². The lowest BCUT2D eigenvalue weighted by molar-refractivity contribution is -0.0902. The predicted molar refractivity (Wildman–Crippen MR) is 62.5 cm³/mol. The number of allylic oxidation sites excluding steroid dienone is 3. The van der Waals surface area contributed by atoms with Crippen molar-refractivity contribution in [2.45, 2.75) is 37.2 Å². The second-order valence-electron chi connectivity index (χ2n) is 3.89. The monoisotopic (exact) mass is 297 g/mol. The first kappa shape index (κ1) is 13.6. The van der Waals surface area contributed by atoms with Gasteiger partial charge in [0.15, 0.2) is 0 Å². The third kappa shape index (κ3) is 3.27. The zero-order valence-corrected chi connectivity index (χ0v) is 10.9. The summed E-state index contributed by atoms with van der Waals surface area (Å²) in [7, 11) is 1.53. The fraction of sp³-hybridized carbons (Fsp3) is 0.636. The SMILES string of the molecule is CNC1=C(C)CCC(Br)CC=C1C(F)(F)F. The van der Waals surface area contributed by atoms with Gasteiger partial charge in [0.05, 0.1) is 5.57 Å². The maximum atomic E-state index is 12.8. The van der Waals surface area contributed by atoms with Crippen LogP contribution in [-0.4, -0.2) is 18.1 Å². The second-order valence-corrected chi connectivity index (χ2v) is 5.19. The van der Waals surface area contributed by atoms with Gasteiger partial charge >= 0.3 is 6.18 Å². The van der Waals surface area contributed by atoms with E-state index in [4.69, 9.17) is 0 Å². The Hall–Kier alpha value is -0.450. The van der Waals surface area contributed by atoms with Crippen LogP contribution in [0, 0.1) is 0 Å². The van der Waals surface area contributed by atoms with E-state index in [9.17, 15) is 13.2 Å². The van der Waals surface area contributed by atoms with Gasteiger partial charge in [-0.25, -0.2) is 0 Å². The van der Waals surface area contributed by atoms with Crippen LogP contribution in [0.15, 0.2) is 22.9 Å². The third-order valence-corrected chi connectivity index (χ3v) is 3.49. The van der Waals surface area contributed by atoms with Crippen molar-refractivity contribution in [3.05, 3.63) is 22.9 Å². The van der Waals surface area contributed by atoms with Crippen molar-refractivity contribution in [3.8, 4) is 0 Å². The molecule has 5 heteroatoms. The Morgan fingerprint density at radius 3 is 2.56 bits per heavy atom. The zero-order chi connectivity index (χ0) is 12.3. The molecular weight excluding hydrogens is 283 g/mol. The summed E-state index contributed by atoms with van der Waals surface area (Å²) in [5.74, 6) is 0. The second kappa shape index (κ2) is 5.25. The van der Waals surface area contributed by atoms with Gasteiger partial charge in [0.25, 0.3) is 0 Å². The number of halogens is 4. The van der Waals surface area contributed by atoms with E-state index < -0.39 is 11.7 Å². The topological polar surface area (TPSA) is 12.0 Å². The summed E-state index contributed by atoms with van der Waals surface area (Å²) in [5.41, 5.74) is 0.443. The molecule has 92 valence electrons. The number of likely N-dealkylation sites (N-methyl/N-ethyl adjacent to an activating group) is 1. The minimum absolute atomic E-state index is 0.123. The first-order valence-electron chi connectivity index (χ1n) is 5.15. The molecule has 1 atom stereocenters. The van der Waals surface area contributed by atoms with Gasteiger partial charge in [-0.3, -0.25) is 0 Å². The van der Waals surface area contributed by atoms with Crippen LogP contribution >= 0.6 is 15.9 Å². The summed E-state index contributed by atoms with van der Waals surface area (Å²) in [6.07, 6.45) is -1.07. The molecule has 16 heavy (non-hydrogen) atoms. The van der Waals surface area contributed by atoms with Crippen LogP contribution in [0.3, 0.4) is 0 Å². The Morgan fingerprint density at radius 1 is 1.44 bits per heavy atom. The van der Waals surface area contributed by atoms with Crippen LogP contribution in [0.2, 0.25) is 0 Å². The Kier molecular flexibility index (Phi) is 4.47. The molecular formula is C11H15BrF3N. The minimum atomic E-state index is -4.29. The van der Waals surface area contributed by atoms with Crippen LogP contribution in [0.5, 0.6) is 0 Å². The molecule has 0 fully saturated rings. The lowest BCUT2D eigenvalue weighted by atomic mass is 9.97. The van der Waals surface area contributed by atoms with Gasteiger partial charge in [0.2, 0.25) is 0 Å². The molecule has 0 spiro atoms. The van der Waals surface area contributed by atoms with E-state index in [1.807, 2.05) is 0 Å². The number of hydrogen-bond donors (Lipinski definition) is 1. The summed E-state index contributed by atoms with van der Waals surface area (Å²) in [5, 5.41) is 2.67. The molecule has 0 bridgehead atoms. The maximum Gasteiger partial charge on any atom is 0.418 e. The summed E-state index contributed by atoms with van der Waals surface area (Å²) < 4.78 is 38.5. The molecule has 0 aromatic heterocycles. The zero-order valence-electron chi connectivity index (χ0n) is 9.29. The van der Waals surface area contributed by atoms with Crippen LogP contribution in [0.25, 0.3) is 0 Å². The van der Waals surface area contributed by atoms with E-state index in [1.165, 1.54) is 13.1 Å². The van der Waals surface area contributed by atoms with Crippen molar-refractivity contribution in [3.63, 3.8) is 0 Å². The molecule has 1 N–H and O–H groups in total. The van der Waals surface area contributed by atoms with Crippen molar-refractivity contribution in [1.82, 2.24) is 5.32 Å². The van der Waals surface area contributed by atoms with Crippen molar-refractivity contribution in [1.29, 1.82) is 0 Å². The molecule has 0 saturated carbocycles. The van der Waals surface area contributed by atoms with Gasteiger partial charge in [0, 0.05) is 17.6 Å². The normalized spacial score (nSPS) is 23.6. The highest BCUT2D eigenvalue weighted by molar-refractivity contribution is 9.09. The van der Waals surface area contributed by atoms with Crippen LogP contribution in [0.4, 0.5) is 13.2 Å². The van der Waals surface area contributed by atoms with E-state index in [0.29, 0.717) is 12.8 Å². The molecule has 1 rings (SSSR count). The van der Waals surface area contributed by atoms with Gasteiger partial charge in [-0.2, -0.15) is 13.2 Å². The van der Waals surface area contributed by atoms with Crippen molar-refractivity contribution in [2.24, 2.45) is 0 Å². The van der Waals surface area contributed by atoms with E-state index in [-0.39, 0.29) is 10.5 Å². The predicted octanol–water partition coefficient (Wildman–Crippen LogP) is 3.92. The lowest BCUT2D eigenvalue weighted by Gasteiger charge is -2.22. The Balaban J connectivity index is 3.14. The smallest absolute Gasteiger partial charge is 0.388 e. The molecule has 0 aliphatic heterocycles. The van der Waals surface area contributed by atoms with Crippen molar-refractivity contribution >= 4 is 15.9 Å². The molecule has 0 saturated heterocycles. The molecule has 1 nitrogen and oxygen atoms in total. The quantitative estimate of drug-likeness (QED) is 0.724. The van der Waals surface area contributed by atoms with E-state index in [0.717, 1.165) is 12.0 Å². The number of nitrogens with one attached hydrogen (secondary N) is 1. The maximum absolute atomic E-state index is 12.8. The molecule has 1 unspecified atom stereocenters. The highest BCUT2D eigenvalue weighted by Crippen LogP contribution is 2.35. The number of rotatable bonds is 1. The van der Waals surface area contributed by atoms with Crippen LogP contribution in [-0.2, 0) is 0 Å². The Labute approximate surface area is 102 Å². The van der Waals surface area contributed by atoms with Gasteiger partial charge in [-0.05, 0) is 31.8 Å². The Morgan fingerprint density at radius 2 is 2.06 bits per heavy atom. The summed E-state index contributed by atoms with van der Waals surface area (Å²) >= 11 is 3.38. The molecule has 1 aliphatic carbocycles. The van der Waals surface area contributed by atoms with Gasteiger partial charge < -0.3 is 5.32 Å². The highest BCUT2D eigenvalue weighted by atomic mass is 79.9. The average Bonchev–Trinajstić information content (AvgIpc) is 2.16. The third-order valence-electron chi connectivity index (χ3n) is 2.66. The van der Waals surface area contributed by atoms with E-state index in [2.05, 4.69) is 21.2 Å². The molecule has 0 heterocycles. The highest BCUT2D eigenvalue weighted by Gasteiger charge is 2.36. The standard InChI is InChI=1S/C11H15BrF3N/c1-7-3-4-8(12)5-6-9(10(7)16-2)11(13,14)15/h6,8,16H,3-5H2,1-2H3. The average molecular weight is 298 g/mol. The molecule has 0 amide bonds. The first-order chi connectivity index (χ1) is 7.36. The molecule has 0 aromatic carbocycles. The first-order valence-corrected chi connectivity index (χ1v) is 6.07. The van der Waals surface area contributed by atoms with E-state index >= 15 is 0 Å². The summed E-state index contributed by atoms with van der Waals surface area (Å²) in [6, 6.07) is 0. The van der Waals surface area contributed by atoms with Gasteiger partial charge in [0.1, 0.15) is 0 Å². The van der Waals surface area contributed by atoms with Crippen LogP contribution < -0.4 is 5.32 Å². The molecule has 0 aromatic rings. The minimum Gasteiger partial charge on any atom is -0.388 e. The van der Waals surface area contributed by atoms with Gasteiger partial charge in [-0.15, -0.1) is 0 Å². The van der Waals surface area contributed by atoms with E-state index in [1.54, 1.807) is 6.92 Å². The Bertz CT molecular complexity index is 318. The summed E-state index contributed by atoms with van der Waals surface area (Å²) in [4.78, 5) is 0.123.